The Morgan fingerprint density at radius 2 is 2.31 bits per heavy atom. The standard InChI is InChI=1S/C11H19N3O2/c1-5-16-11(15)10(12-4)9-6-13-7-14(9)8(2)3/h6-8,10,12H,5H2,1-4H3. The lowest BCUT2D eigenvalue weighted by Crippen LogP contribution is -2.29. The molecule has 0 bridgehead atoms. The number of rotatable bonds is 5. The molecule has 1 N–H and O–H groups in total. The molecule has 0 saturated carbocycles. The van der Waals surface area contributed by atoms with E-state index in [2.05, 4.69) is 10.3 Å². The van der Waals surface area contributed by atoms with Crippen molar-refractivity contribution < 1.29 is 9.53 Å². The second kappa shape index (κ2) is 5.65. The van der Waals surface area contributed by atoms with Crippen molar-refractivity contribution in [3.8, 4) is 0 Å². The predicted molar refractivity (Wildman–Crippen MR) is 61.0 cm³/mol. The third-order valence-corrected chi connectivity index (χ3v) is 2.36. The zero-order chi connectivity index (χ0) is 12.1. The van der Waals surface area contributed by atoms with E-state index in [1.807, 2.05) is 18.4 Å². The normalized spacial score (nSPS) is 12.8. The van der Waals surface area contributed by atoms with Crippen LogP contribution in [-0.4, -0.2) is 29.2 Å². The molecule has 5 nitrogen and oxygen atoms in total. The van der Waals surface area contributed by atoms with Crippen molar-refractivity contribution in [2.45, 2.75) is 32.9 Å². The Balaban J connectivity index is 2.94. The van der Waals surface area contributed by atoms with Crippen LogP contribution in [0.2, 0.25) is 0 Å². The first-order valence-corrected chi connectivity index (χ1v) is 5.47. The maximum Gasteiger partial charge on any atom is 0.329 e. The molecule has 0 aliphatic rings. The van der Waals surface area contributed by atoms with Gasteiger partial charge in [0.05, 0.1) is 24.8 Å². The average molecular weight is 225 g/mol. The molecule has 1 rings (SSSR count). The van der Waals surface area contributed by atoms with Crippen molar-refractivity contribution >= 4 is 5.97 Å². The Morgan fingerprint density at radius 1 is 1.62 bits per heavy atom. The first-order chi connectivity index (χ1) is 7.61. The van der Waals surface area contributed by atoms with Crippen molar-refractivity contribution in [2.24, 2.45) is 0 Å². The second-order valence-electron chi connectivity index (χ2n) is 3.79. The smallest absolute Gasteiger partial charge is 0.329 e. The molecule has 0 aliphatic carbocycles. The molecule has 0 spiro atoms. The van der Waals surface area contributed by atoms with Crippen LogP contribution in [0.4, 0.5) is 0 Å². The molecular weight excluding hydrogens is 206 g/mol. The molecule has 5 heteroatoms. The van der Waals surface area contributed by atoms with Crippen LogP contribution in [0.25, 0.3) is 0 Å². The van der Waals surface area contributed by atoms with E-state index in [0.29, 0.717) is 6.61 Å². The molecular formula is C11H19N3O2. The van der Waals surface area contributed by atoms with Crippen LogP contribution in [0.3, 0.4) is 0 Å². The zero-order valence-electron chi connectivity index (χ0n) is 10.2. The van der Waals surface area contributed by atoms with E-state index in [1.165, 1.54) is 0 Å². The van der Waals surface area contributed by atoms with E-state index >= 15 is 0 Å². The zero-order valence-corrected chi connectivity index (χ0v) is 10.2. The summed E-state index contributed by atoms with van der Waals surface area (Å²) in [6.07, 6.45) is 3.42. The predicted octanol–water partition coefficient (Wildman–Crippen LogP) is 1.29. The van der Waals surface area contributed by atoms with Gasteiger partial charge in [-0.05, 0) is 27.8 Å². The van der Waals surface area contributed by atoms with Crippen LogP contribution in [0.1, 0.15) is 38.5 Å². The van der Waals surface area contributed by atoms with Gasteiger partial charge in [-0.25, -0.2) is 9.78 Å². The van der Waals surface area contributed by atoms with Gasteiger partial charge in [0.1, 0.15) is 6.04 Å². The fourth-order valence-electron chi connectivity index (χ4n) is 1.58. The highest BCUT2D eigenvalue weighted by molar-refractivity contribution is 5.77. The topological polar surface area (TPSA) is 56.1 Å². The minimum Gasteiger partial charge on any atom is -0.465 e. The number of hydrogen-bond acceptors (Lipinski definition) is 4. The summed E-state index contributed by atoms with van der Waals surface area (Å²) in [5.41, 5.74) is 0.830. The molecule has 1 unspecified atom stereocenters. The summed E-state index contributed by atoms with van der Waals surface area (Å²) < 4.78 is 6.97. The summed E-state index contributed by atoms with van der Waals surface area (Å²) in [6.45, 7) is 6.27. The summed E-state index contributed by atoms with van der Waals surface area (Å²) in [6, 6.07) is -0.187. The van der Waals surface area contributed by atoms with Gasteiger partial charge in [0.25, 0.3) is 0 Å². The SMILES string of the molecule is CCOC(=O)C(NC)c1cncn1C(C)C. The maximum absolute atomic E-state index is 11.7. The highest BCUT2D eigenvalue weighted by atomic mass is 16.5. The Bertz CT molecular complexity index is 347. The maximum atomic E-state index is 11.7. The number of carbonyl (C=O) groups excluding carboxylic acids is 1. The van der Waals surface area contributed by atoms with E-state index in [9.17, 15) is 4.79 Å². The van der Waals surface area contributed by atoms with Crippen molar-refractivity contribution in [3.63, 3.8) is 0 Å². The van der Waals surface area contributed by atoms with Crippen molar-refractivity contribution in [1.82, 2.24) is 14.9 Å². The number of carbonyl (C=O) groups is 1. The first-order valence-electron chi connectivity index (χ1n) is 5.47. The van der Waals surface area contributed by atoms with Gasteiger partial charge >= 0.3 is 5.97 Å². The minimum atomic E-state index is -0.454. The number of likely N-dealkylation sites (N-methyl/N-ethyl adjacent to an activating group) is 1. The first kappa shape index (κ1) is 12.7. The van der Waals surface area contributed by atoms with E-state index in [4.69, 9.17) is 4.74 Å². The Kier molecular flexibility index (Phi) is 4.49. The van der Waals surface area contributed by atoms with E-state index in [-0.39, 0.29) is 12.0 Å². The number of nitrogens with one attached hydrogen (secondary N) is 1. The Labute approximate surface area is 95.8 Å². The van der Waals surface area contributed by atoms with Crippen molar-refractivity contribution in [3.05, 3.63) is 18.2 Å². The van der Waals surface area contributed by atoms with Crippen LogP contribution < -0.4 is 5.32 Å². The average Bonchev–Trinajstić information content (AvgIpc) is 2.68. The van der Waals surface area contributed by atoms with Gasteiger partial charge in [-0.1, -0.05) is 0 Å². The van der Waals surface area contributed by atoms with Crippen LogP contribution in [0.5, 0.6) is 0 Å². The highest BCUT2D eigenvalue weighted by Crippen LogP contribution is 2.17. The Hall–Kier alpha value is -1.36. The molecule has 1 atom stereocenters. The van der Waals surface area contributed by atoms with Gasteiger partial charge in [0.15, 0.2) is 0 Å². The minimum absolute atomic E-state index is 0.266. The lowest BCUT2D eigenvalue weighted by molar-refractivity contribution is -0.145. The molecule has 0 fully saturated rings. The lowest BCUT2D eigenvalue weighted by atomic mass is 10.2. The molecule has 1 heterocycles. The quantitative estimate of drug-likeness (QED) is 0.767. The van der Waals surface area contributed by atoms with Crippen LogP contribution in [-0.2, 0) is 9.53 Å². The largest absolute Gasteiger partial charge is 0.465 e. The summed E-state index contributed by atoms with van der Waals surface area (Å²) in [5, 5.41) is 2.95. The van der Waals surface area contributed by atoms with Crippen LogP contribution >= 0.6 is 0 Å². The summed E-state index contributed by atoms with van der Waals surface area (Å²) in [7, 11) is 1.74. The number of esters is 1. The number of imidazole rings is 1. The van der Waals surface area contributed by atoms with Gasteiger partial charge in [0.2, 0.25) is 0 Å². The van der Waals surface area contributed by atoms with E-state index in [0.717, 1.165) is 5.69 Å². The van der Waals surface area contributed by atoms with Gasteiger partial charge in [0, 0.05) is 6.04 Å². The summed E-state index contributed by atoms with van der Waals surface area (Å²) in [4.78, 5) is 15.8. The third kappa shape index (κ3) is 2.61. The fraction of sp³-hybridized carbons (Fsp3) is 0.636. The third-order valence-electron chi connectivity index (χ3n) is 2.36. The molecule has 0 saturated heterocycles. The van der Waals surface area contributed by atoms with Gasteiger partial charge < -0.3 is 14.6 Å². The monoisotopic (exact) mass is 225 g/mol. The molecule has 0 aliphatic heterocycles. The van der Waals surface area contributed by atoms with Crippen LogP contribution in [0, 0.1) is 0 Å². The number of ether oxygens (including phenoxy) is 1. The molecule has 0 aromatic carbocycles. The number of hydrogen-bond donors (Lipinski definition) is 1. The number of nitrogens with zero attached hydrogens (tertiary/aromatic N) is 2. The summed E-state index contributed by atoms with van der Waals surface area (Å²) >= 11 is 0. The molecule has 0 radical (unpaired) electrons. The van der Waals surface area contributed by atoms with E-state index < -0.39 is 6.04 Å². The van der Waals surface area contributed by atoms with Gasteiger partial charge in [-0.3, -0.25) is 0 Å². The molecule has 0 amide bonds. The van der Waals surface area contributed by atoms with Crippen molar-refractivity contribution in [1.29, 1.82) is 0 Å². The molecule has 16 heavy (non-hydrogen) atoms. The second-order valence-corrected chi connectivity index (χ2v) is 3.79. The van der Waals surface area contributed by atoms with E-state index in [1.54, 1.807) is 26.5 Å². The van der Waals surface area contributed by atoms with Crippen molar-refractivity contribution in [2.75, 3.05) is 13.7 Å². The number of aromatic nitrogens is 2. The summed E-state index contributed by atoms with van der Waals surface area (Å²) in [5.74, 6) is -0.271. The Morgan fingerprint density at radius 3 is 2.81 bits per heavy atom. The molecule has 1 aromatic rings. The van der Waals surface area contributed by atoms with Gasteiger partial charge in [-0.15, -0.1) is 0 Å². The highest BCUT2D eigenvalue weighted by Gasteiger charge is 2.24. The van der Waals surface area contributed by atoms with Gasteiger partial charge in [-0.2, -0.15) is 0 Å². The molecule has 1 aromatic heterocycles. The molecule has 90 valence electrons. The lowest BCUT2D eigenvalue weighted by Gasteiger charge is -2.18. The van der Waals surface area contributed by atoms with Crippen LogP contribution in [0.15, 0.2) is 12.5 Å². The fourth-order valence-corrected chi connectivity index (χ4v) is 1.58.